The normalized spacial score (nSPS) is 22.2. The Bertz CT molecular complexity index is 542. The van der Waals surface area contributed by atoms with Crippen LogP contribution in [0.25, 0.3) is 0 Å². The van der Waals surface area contributed by atoms with Crippen molar-refractivity contribution in [1.82, 2.24) is 20.4 Å². The van der Waals surface area contributed by atoms with Gasteiger partial charge in [0.05, 0.1) is 12.1 Å². The lowest BCUT2D eigenvalue weighted by atomic mass is 9.85. The van der Waals surface area contributed by atoms with E-state index in [2.05, 4.69) is 15.6 Å². The van der Waals surface area contributed by atoms with Gasteiger partial charge in [0.25, 0.3) is 0 Å². The lowest BCUT2D eigenvalue weighted by Crippen LogP contribution is -2.53. The van der Waals surface area contributed by atoms with Crippen molar-refractivity contribution < 1.29 is 14.3 Å². The Morgan fingerprint density at radius 3 is 2.44 bits per heavy atom. The molecule has 0 aromatic carbocycles. The molecular weight excluding hydrogens is 366 g/mol. The van der Waals surface area contributed by atoms with E-state index in [1.54, 1.807) is 28.2 Å². The summed E-state index contributed by atoms with van der Waals surface area (Å²) in [4.78, 5) is 31.2. The van der Waals surface area contributed by atoms with E-state index in [-0.39, 0.29) is 36.5 Å². The van der Waals surface area contributed by atoms with Crippen molar-refractivity contribution in [2.45, 2.75) is 37.3 Å². The van der Waals surface area contributed by atoms with E-state index in [1.165, 1.54) is 9.80 Å². The number of rotatable bonds is 5. The topological polar surface area (TPSA) is 86.3 Å². The number of hydrogen-bond donors (Lipinski definition) is 2. The molecule has 0 aromatic rings. The molecule has 0 saturated carbocycles. The van der Waals surface area contributed by atoms with Crippen LogP contribution in [0.3, 0.4) is 0 Å². The summed E-state index contributed by atoms with van der Waals surface area (Å²) < 4.78 is 6.14. The van der Waals surface area contributed by atoms with E-state index >= 15 is 0 Å². The number of aliphatic imine (C=N–C) groups is 1. The van der Waals surface area contributed by atoms with E-state index in [0.29, 0.717) is 5.96 Å². The largest absolute Gasteiger partial charge is 0.375 e. The van der Waals surface area contributed by atoms with E-state index in [4.69, 9.17) is 4.74 Å². The van der Waals surface area contributed by atoms with Gasteiger partial charge in [-0.15, -0.1) is 0 Å². The summed E-state index contributed by atoms with van der Waals surface area (Å²) in [5, 5.41) is 6.49. The van der Waals surface area contributed by atoms with Gasteiger partial charge in [0.2, 0.25) is 11.8 Å². The summed E-state index contributed by atoms with van der Waals surface area (Å²) >= 11 is 1.98. The number of ether oxygens (including phenoxy) is 1. The van der Waals surface area contributed by atoms with Gasteiger partial charge in [0.1, 0.15) is 6.54 Å². The van der Waals surface area contributed by atoms with Gasteiger partial charge < -0.3 is 25.2 Å². The van der Waals surface area contributed by atoms with Crippen molar-refractivity contribution in [3.8, 4) is 0 Å². The molecule has 2 fully saturated rings. The highest BCUT2D eigenvalue weighted by molar-refractivity contribution is 7.99. The van der Waals surface area contributed by atoms with E-state index in [0.717, 1.165) is 43.8 Å². The third-order valence-electron chi connectivity index (χ3n) is 5.01. The molecule has 9 heteroatoms. The Hall–Kier alpha value is -1.48. The molecule has 0 aromatic heterocycles. The smallest absolute Gasteiger partial charge is 0.243 e. The van der Waals surface area contributed by atoms with Gasteiger partial charge in [0.15, 0.2) is 5.96 Å². The van der Waals surface area contributed by atoms with Crippen LogP contribution < -0.4 is 10.6 Å². The number of thioether (sulfide) groups is 1. The second-order valence-corrected chi connectivity index (χ2v) is 8.80. The molecule has 154 valence electrons. The van der Waals surface area contributed by atoms with Crippen LogP contribution in [-0.4, -0.2) is 98.6 Å². The molecule has 8 nitrogen and oxygen atoms in total. The molecule has 27 heavy (non-hydrogen) atoms. The van der Waals surface area contributed by atoms with Crippen LogP contribution >= 0.6 is 11.8 Å². The minimum Gasteiger partial charge on any atom is -0.375 e. The second-order valence-electron chi connectivity index (χ2n) is 7.57. The first kappa shape index (κ1) is 21.8. The Labute approximate surface area is 166 Å². The number of carbonyl (C=O) groups is 2. The minimum absolute atomic E-state index is 0.0365. The van der Waals surface area contributed by atoms with Crippen molar-refractivity contribution >= 4 is 29.5 Å². The van der Waals surface area contributed by atoms with E-state index in [9.17, 15) is 9.59 Å². The summed E-state index contributed by atoms with van der Waals surface area (Å²) in [6.07, 6.45) is 3.97. The second kappa shape index (κ2) is 10.2. The fourth-order valence-electron chi connectivity index (χ4n) is 3.19. The Balaban J connectivity index is 1.99. The van der Waals surface area contributed by atoms with Crippen LogP contribution in [-0.2, 0) is 14.3 Å². The Kier molecular flexibility index (Phi) is 8.22. The van der Waals surface area contributed by atoms with Crippen LogP contribution in [0.1, 0.15) is 25.7 Å². The van der Waals surface area contributed by atoms with Crippen LogP contribution in [0.5, 0.6) is 0 Å². The fraction of sp³-hybridized carbons (Fsp3) is 0.833. The number of carbonyl (C=O) groups excluding carboxylic acids is 2. The molecule has 1 unspecified atom stereocenters. The SMILES string of the molecule is CN(C)C(=O)CN=C(NCC(=O)N(C)C)NC1CCOC2(CCSCC2)C1. The van der Waals surface area contributed by atoms with Gasteiger partial charge >= 0.3 is 0 Å². The Morgan fingerprint density at radius 1 is 1.15 bits per heavy atom. The summed E-state index contributed by atoms with van der Waals surface area (Å²) in [6.45, 7) is 0.909. The summed E-state index contributed by atoms with van der Waals surface area (Å²) in [5.41, 5.74) is -0.0365. The maximum Gasteiger partial charge on any atom is 0.243 e. The molecule has 1 spiro atoms. The zero-order valence-corrected chi connectivity index (χ0v) is 17.7. The summed E-state index contributed by atoms with van der Waals surface area (Å²) in [7, 11) is 6.84. The molecule has 0 aliphatic carbocycles. The highest BCUT2D eigenvalue weighted by Gasteiger charge is 2.39. The lowest BCUT2D eigenvalue weighted by molar-refractivity contribution is -0.127. The van der Waals surface area contributed by atoms with Crippen LogP contribution in [0.4, 0.5) is 0 Å². The number of guanidine groups is 1. The van der Waals surface area contributed by atoms with Crippen molar-refractivity contribution in [3.05, 3.63) is 0 Å². The third-order valence-corrected chi connectivity index (χ3v) is 6.00. The van der Waals surface area contributed by atoms with Gasteiger partial charge in [0, 0.05) is 40.8 Å². The molecule has 0 bridgehead atoms. The summed E-state index contributed by atoms with van der Waals surface area (Å²) in [6, 6.07) is 0.219. The average Bonchev–Trinajstić information content (AvgIpc) is 2.63. The average molecular weight is 400 g/mol. The molecule has 2 heterocycles. The maximum absolute atomic E-state index is 11.9. The van der Waals surface area contributed by atoms with E-state index < -0.39 is 0 Å². The van der Waals surface area contributed by atoms with Gasteiger partial charge in [-0.25, -0.2) is 4.99 Å². The van der Waals surface area contributed by atoms with Gasteiger partial charge in [-0.3, -0.25) is 9.59 Å². The molecule has 2 saturated heterocycles. The monoisotopic (exact) mass is 399 g/mol. The fourth-order valence-corrected chi connectivity index (χ4v) is 4.43. The van der Waals surface area contributed by atoms with Crippen LogP contribution in [0.15, 0.2) is 4.99 Å². The third kappa shape index (κ3) is 6.88. The molecular formula is C18H33N5O3S. The predicted molar refractivity (Wildman–Crippen MR) is 109 cm³/mol. The predicted octanol–water partition coefficient (Wildman–Crippen LogP) is 0.143. The van der Waals surface area contributed by atoms with Gasteiger partial charge in [-0.05, 0) is 37.2 Å². The lowest BCUT2D eigenvalue weighted by Gasteiger charge is -2.43. The standard InChI is InChI=1S/C18H33N5O3S/c1-22(2)15(24)12-19-17(20-13-16(25)23(3)4)21-14-5-8-26-18(11-14)6-9-27-10-7-18/h14H,5-13H2,1-4H3,(H2,19,20,21). The quantitative estimate of drug-likeness (QED) is 0.505. The molecule has 2 aliphatic heterocycles. The maximum atomic E-state index is 11.9. The molecule has 2 N–H and O–H groups in total. The first-order chi connectivity index (χ1) is 12.8. The Morgan fingerprint density at radius 2 is 1.81 bits per heavy atom. The first-order valence-electron chi connectivity index (χ1n) is 9.48. The first-order valence-corrected chi connectivity index (χ1v) is 10.6. The van der Waals surface area contributed by atoms with Crippen LogP contribution in [0.2, 0.25) is 0 Å². The number of nitrogens with zero attached hydrogens (tertiary/aromatic N) is 3. The highest BCUT2D eigenvalue weighted by atomic mass is 32.2. The number of amides is 2. The molecule has 0 radical (unpaired) electrons. The molecule has 2 aliphatic rings. The minimum atomic E-state index is -0.0808. The number of hydrogen-bond acceptors (Lipinski definition) is 5. The van der Waals surface area contributed by atoms with Gasteiger partial charge in [-0.1, -0.05) is 0 Å². The molecule has 1 atom stereocenters. The zero-order chi connectivity index (χ0) is 19.9. The van der Waals surface area contributed by atoms with E-state index in [1.807, 2.05) is 11.8 Å². The molecule has 2 amide bonds. The van der Waals surface area contributed by atoms with Crippen molar-refractivity contribution in [2.75, 3.05) is 59.4 Å². The highest BCUT2D eigenvalue weighted by Crippen LogP contribution is 2.37. The molecule has 2 rings (SSSR count). The number of nitrogens with one attached hydrogen (secondary N) is 2. The summed E-state index contributed by atoms with van der Waals surface area (Å²) in [5.74, 6) is 2.66. The van der Waals surface area contributed by atoms with Gasteiger partial charge in [-0.2, -0.15) is 11.8 Å². The van der Waals surface area contributed by atoms with Crippen molar-refractivity contribution in [1.29, 1.82) is 0 Å². The zero-order valence-electron chi connectivity index (χ0n) is 16.9. The van der Waals surface area contributed by atoms with Crippen LogP contribution in [0, 0.1) is 0 Å². The number of likely N-dealkylation sites (N-methyl/N-ethyl adjacent to an activating group) is 2. The van der Waals surface area contributed by atoms with Crippen molar-refractivity contribution in [2.24, 2.45) is 4.99 Å². The van der Waals surface area contributed by atoms with Crippen molar-refractivity contribution in [3.63, 3.8) is 0 Å².